The fourth-order valence-corrected chi connectivity index (χ4v) is 2.16. The molecule has 0 saturated heterocycles. The monoisotopic (exact) mass is 273 g/mol. The maximum atomic E-state index is 10.9. The van der Waals surface area contributed by atoms with Crippen molar-refractivity contribution >= 4 is 24.4 Å². The molecule has 1 aromatic rings. The molecule has 1 aromatic carbocycles. The van der Waals surface area contributed by atoms with Gasteiger partial charge in [0.15, 0.2) is 0 Å². The summed E-state index contributed by atoms with van der Waals surface area (Å²) < 4.78 is 28.7. The van der Waals surface area contributed by atoms with Gasteiger partial charge in [0, 0.05) is 0 Å². The van der Waals surface area contributed by atoms with E-state index >= 15 is 0 Å². The van der Waals surface area contributed by atoms with E-state index in [1.807, 2.05) is 0 Å². The number of hydrogen-bond acceptors (Lipinski definition) is 2. The average Bonchev–Trinajstić information content (AvgIpc) is 2.14. The predicted octanol–water partition coefficient (Wildman–Crippen LogP) is -1.12. The summed E-state index contributed by atoms with van der Waals surface area (Å²) in [6, 6.07) is 5.95. The first-order chi connectivity index (χ1) is 6.89. The van der Waals surface area contributed by atoms with E-state index in [1.165, 1.54) is 19.1 Å². The Bertz CT molecular complexity index is 395. The molecular formula is C9H12AsNO4. The molecule has 0 aliphatic heterocycles. The molecule has 1 amide bonds. The maximum absolute atomic E-state index is 10.9. The first-order valence-corrected chi connectivity index (χ1v) is 7.67. The number of benzene rings is 1. The third kappa shape index (κ3) is 3.91. The van der Waals surface area contributed by atoms with Crippen LogP contribution in [0.2, 0.25) is 0 Å². The normalized spacial score (nSPS) is 11.1. The number of rotatable bonds is 3. The summed E-state index contributed by atoms with van der Waals surface area (Å²) in [6.07, 6.45) is 0. The SMILES string of the molecule is CC(=O)NCc1ccc([As](=O)(O)O)cc1. The first-order valence-electron chi connectivity index (χ1n) is 4.29. The van der Waals surface area contributed by atoms with E-state index in [9.17, 15) is 8.53 Å². The average molecular weight is 273 g/mol. The summed E-state index contributed by atoms with van der Waals surface area (Å²) in [5.41, 5.74) is 0.804. The van der Waals surface area contributed by atoms with Crippen LogP contribution in [0.3, 0.4) is 0 Å². The molecule has 82 valence electrons. The fraction of sp³-hybridized carbons (Fsp3) is 0.222. The van der Waals surface area contributed by atoms with Crippen LogP contribution in [0.1, 0.15) is 12.5 Å². The minimum absolute atomic E-state index is 0.0414. The van der Waals surface area contributed by atoms with Crippen molar-refractivity contribution in [2.24, 2.45) is 0 Å². The van der Waals surface area contributed by atoms with E-state index in [0.29, 0.717) is 6.54 Å². The standard InChI is InChI=1S/C9H12AsNO4/c1-7(12)11-6-8-2-4-9(5-3-8)10(13,14)15/h2-5H,6H2,1H3,(H,11,12)(H2,13,14,15). The van der Waals surface area contributed by atoms with Crippen molar-refractivity contribution in [3.05, 3.63) is 29.8 Å². The van der Waals surface area contributed by atoms with Crippen molar-refractivity contribution in [3.63, 3.8) is 0 Å². The quantitative estimate of drug-likeness (QED) is 0.609. The summed E-state index contributed by atoms with van der Waals surface area (Å²) in [7, 11) is 0. The third-order valence-corrected chi connectivity index (χ3v) is 3.85. The van der Waals surface area contributed by atoms with E-state index in [2.05, 4.69) is 5.32 Å². The van der Waals surface area contributed by atoms with E-state index in [-0.39, 0.29) is 10.3 Å². The van der Waals surface area contributed by atoms with E-state index < -0.39 is 14.2 Å². The fourth-order valence-electron chi connectivity index (χ4n) is 1.03. The van der Waals surface area contributed by atoms with Crippen LogP contribution in [-0.2, 0) is 15.1 Å². The number of carbonyl (C=O) groups excluding carboxylic acids is 1. The van der Waals surface area contributed by atoms with Gasteiger partial charge in [-0.05, 0) is 0 Å². The van der Waals surface area contributed by atoms with Gasteiger partial charge in [0.25, 0.3) is 0 Å². The second-order valence-corrected chi connectivity index (χ2v) is 6.49. The van der Waals surface area contributed by atoms with Crippen LogP contribution in [0.25, 0.3) is 0 Å². The zero-order chi connectivity index (χ0) is 11.5. The van der Waals surface area contributed by atoms with Gasteiger partial charge >= 0.3 is 89.8 Å². The Morgan fingerprint density at radius 3 is 2.27 bits per heavy atom. The van der Waals surface area contributed by atoms with Gasteiger partial charge in [-0.2, -0.15) is 0 Å². The topological polar surface area (TPSA) is 86.6 Å². The molecule has 0 spiro atoms. The molecule has 0 atom stereocenters. The van der Waals surface area contributed by atoms with Crippen molar-refractivity contribution in [1.82, 2.24) is 5.32 Å². The first kappa shape index (κ1) is 12.0. The van der Waals surface area contributed by atoms with Crippen LogP contribution in [0, 0.1) is 0 Å². The van der Waals surface area contributed by atoms with Crippen LogP contribution in [0.5, 0.6) is 0 Å². The van der Waals surface area contributed by atoms with Gasteiger partial charge in [0.05, 0.1) is 0 Å². The molecule has 5 nitrogen and oxygen atoms in total. The Hall–Kier alpha value is -1.03. The van der Waals surface area contributed by atoms with E-state index in [4.69, 9.17) is 8.19 Å². The Morgan fingerprint density at radius 2 is 1.87 bits per heavy atom. The molecule has 0 bridgehead atoms. The second-order valence-electron chi connectivity index (χ2n) is 3.12. The number of nitrogens with one attached hydrogen (secondary N) is 1. The second kappa shape index (κ2) is 4.66. The van der Waals surface area contributed by atoms with Crippen LogP contribution in [0.4, 0.5) is 0 Å². The summed E-state index contributed by atoms with van der Waals surface area (Å²) in [5, 5.41) is 2.59. The van der Waals surface area contributed by atoms with Gasteiger partial charge in [-0.15, -0.1) is 0 Å². The van der Waals surface area contributed by atoms with Crippen molar-refractivity contribution in [2.75, 3.05) is 0 Å². The molecule has 0 heterocycles. The predicted molar refractivity (Wildman–Crippen MR) is 54.5 cm³/mol. The molecule has 0 aliphatic carbocycles. The minimum atomic E-state index is -4.77. The van der Waals surface area contributed by atoms with Crippen molar-refractivity contribution < 1.29 is 16.7 Å². The Kier molecular flexibility index (Phi) is 3.74. The summed E-state index contributed by atoms with van der Waals surface area (Å²) in [4.78, 5) is 10.6. The molecule has 0 aliphatic rings. The van der Waals surface area contributed by atoms with Gasteiger partial charge in [-0.3, -0.25) is 0 Å². The third-order valence-electron chi connectivity index (χ3n) is 1.81. The number of hydrogen-bond donors (Lipinski definition) is 3. The Labute approximate surface area is 90.1 Å². The zero-order valence-corrected chi connectivity index (χ0v) is 10.1. The molecule has 0 fully saturated rings. The number of amides is 1. The molecule has 0 radical (unpaired) electrons. The Balaban J connectivity index is 2.73. The van der Waals surface area contributed by atoms with Crippen LogP contribution < -0.4 is 9.67 Å². The Morgan fingerprint density at radius 1 is 1.33 bits per heavy atom. The van der Waals surface area contributed by atoms with Crippen molar-refractivity contribution in [2.45, 2.75) is 13.5 Å². The molecule has 6 heteroatoms. The van der Waals surface area contributed by atoms with Gasteiger partial charge in [0.1, 0.15) is 0 Å². The molecule has 15 heavy (non-hydrogen) atoms. The molecule has 3 N–H and O–H groups in total. The van der Waals surface area contributed by atoms with E-state index in [0.717, 1.165) is 5.56 Å². The van der Waals surface area contributed by atoms with Crippen LogP contribution in [-0.4, -0.2) is 28.3 Å². The van der Waals surface area contributed by atoms with Gasteiger partial charge < -0.3 is 0 Å². The van der Waals surface area contributed by atoms with Crippen LogP contribution >= 0.6 is 0 Å². The van der Waals surface area contributed by atoms with Crippen molar-refractivity contribution in [3.8, 4) is 0 Å². The van der Waals surface area contributed by atoms with Gasteiger partial charge in [0.2, 0.25) is 0 Å². The molecule has 0 unspecified atom stereocenters. The van der Waals surface area contributed by atoms with Crippen LogP contribution in [0.15, 0.2) is 24.3 Å². The van der Waals surface area contributed by atoms with Gasteiger partial charge in [-0.1, -0.05) is 0 Å². The molecule has 1 rings (SSSR count). The number of carbonyl (C=O) groups is 1. The molecule has 0 aromatic heterocycles. The molecular weight excluding hydrogens is 261 g/mol. The summed E-state index contributed by atoms with van der Waals surface area (Å²) in [5.74, 6) is -0.141. The van der Waals surface area contributed by atoms with Gasteiger partial charge in [-0.25, -0.2) is 0 Å². The molecule has 0 saturated carbocycles. The van der Waals surface area contributed by atoms with E-state index in [1.54, 1.807) is 12.1 Å². The summed E-state index contributed by atoms with van der Waals surface area (Å²) in [6.45, 7) is 1.77. The van der Waals surface area contributed by atoms with Crippen molar-refractivity contribution in [1.29, 1.82) is 0 Å². The summed E-state index contributed by atoms with van der Waals surface area (Å²) >= 11 is -4.77. The zero-order valence-electron chi connectivity index (χ0n) is 8.17.